The maximum absolute atomic E-state index is 13.2. The van der Waals surface area contributed by atoms with E-state index in [1.165, 1.54) is 48.9 Å². The van der Waals surface area contributed by atoms with Crippen molar-refractivity contribution in [2.24, 2.45) is 0 Å². The number of aromatic nitrogens is 2. The van der Waals surface area contributed by atoms with Gasteiger partial charge in [0, 0.05) is 6.07 Å². The molecule has 10 heteroatoms. The number of ether oxygens (including phenoxy) is 2. The van der Waals surface area contributed by atoms with Crippen molar-refractivity contribution in [3.05, 3.63) is 53.1 Å². The van der Waals surface area contributed by atoms with E-state index in [0.717, 1.165) is 0 Å². The lowest BCUT2D eigenvalue weighted by atomic mass is 10.1. The molecule has 0 saturated carbocycles. The van der Waals surface area contributed by atoms with Crippen molar-refractivity contribution in [3.63, 3.8) is 0 Å². The molecular weight excluding hydrogens is 423 g/mol. The van der Waals surface area contributed by atoms with Crippen molar-refractivity contribution in [1.82, 2.24) is 9.78 Å². The number of halogens is 1. The number of carbonyl (C=O) groups is 5. The van der Waals surface area contributed by atoms with Crippen LogP contribution in [-0.2, 0) is 35.2 Å². The lowest BCUT2D eigenvalue weighted by Crippen LogP contribution is -2.21. The van der Waals surface area contributed by atoms with Gasteiger partial charge in [0.05, 0.1) is 26.2 Å². The Morgan fingerprint density at radius 1 is 1.00 bits per heavy atom. The second kappa shape index (κ2) is 11.3. The van der Waals surface area contributed by atoms with E-state index in [0.29, 0.717) is 5.56 Å². The predicted molar refractivity (Wildman–Crippen MR) is 107 cm³/mol. The molecular formula is C22H19FN2O7. The summed E-state index contributed by atoms with van der Waals surface area (Å²) >= 11 is 0. The minimum Gasteiger partial charge on any atom is -0.460 e. The zero-order valence-corrected chi connectivity index (χ0v) is 17.3. The minimum atomic E-state index is -1.13. The Morgan fingerprint density at radius 2 is 1.62 bits per heavy atom. The van der Waals surface area contributed by atoms with Crippen LogP contribution in [0.15, 0.2) is 30.3 Å². The molecule has 2 aromatic rings. The van der Waals surface area contributed by atoms with E-state index < -0.39 is 41.5 Å². The number of benzene rings is 1. The number of ketones is 3. The van der Waals surface area contributed by atoms with E-state index in [2.05, 4.69) is 26.4 Å². The zero-order chi connectivity index (χ0) is 23.7. The molecule has 0 amide bonds. The van der Waals surface area contributed by atoms with Gasteiger partial charge in [-0.15, -0.1) is 0 Å². The Morgan fingerprint density at radius 3 is 2.25 bits per heavy atom. The maximum Gasteiger partial charge on any atom is 0.388 e. The second-order valence-electron chi connectivity index (χ2n) is 6.24. The fourth-order valence-electron chi connectivity index (χ4n) is 2.43. The van der Waals surface area contributed by atoms with Gasteiger partial charge in [0.1, 0.15) is 17.2 Å². The van der Waals surface area contributed by atoms with Crippen molar-refractivity contribution in [1.29, 1.82) is 0 Å². The fourth-order valence-corrected chi connectivity index (χ4v) is 2.43. The van der Waals surface area contributed by atoms with Gasteiger partial charge < -0.3 is 9.47 Å². The average Bonchev–Trinajstić information content (AvgIpc) is 3.16. The van der Waals surface area contributed by atoms with Crippen molar-refractivity contribution in [2.75, 3.05) is 13.2 Å². The normalized spacial score (nSPS) is 9.97. The highest BCUT2D eigenvalue weighted by Crippen LogP contribution is 2.11. The molecule has 9 nitrogen and oxygen atoms in total. The summed E-state index contributed by atoms with van der Waals surface area (Å²) in [4.78, 5) is 58.9. The van der Waals surface area contributed by atoms with Crippen LogP contribution < -0.4 is 0 Å². The molecule has 166 valence electrons. The van der Waals surface area contributed by atoms with Crippen LogP contribution in [0.1, 0.15) is 42.0 Å². The summed E-state index contributed by atoms with van der Waals surface area (Å²) < 4.78 is 23.6. The Balaban J connectivity index is 2.32. The number of rotatable bonds is 9. The van der Waals surface area contributed by atoms with Crippen molar-refractivity contribution in [2.45, 2.75) is 26.8 Å². The molecule has 0 fully saturated rings. The van der Waals surface area contributed by atoms with Gasteiger partial charge >= 0.3 is 17.7 Å². The highest BCUT2D eigenvalue weighted by molar-refractivity contribution is 6.41. The lowest BCUT2D eigenvalue weighted by Gasteiger charge is -2.04. The van der Waals surface area contributed by atoms with Gasteiger partial charge in [-0.3, -0.25) is 19.1 Å². The molecule has 0 aliphatic rings. The predicted octanol–water partition coefficient (Wildman–Crippen LogP) is 1.26. The number of nitrogens with zero attached hydrogens (tertiary/aromatic N) is 2. The van der Waals surface area contributed by atoms with Crippen molar-refractivity contribution >= 4 is 29.3 Å². The Bertz CT molecular complexity index is 1110. The summed E-state index contributed by atoms with van der Waals surface area (Å²) in [5, 5.41) is 4.08. The molecule has 1 heterocycles. The maximum atomic E-state index is 13.2. The van der Waals surface area contributed by atoms with Gasteiger partial charge in [0.2, 0.25) is 5.78 Å². The fraction of sp³-hybridized carbons (Fsp3) is 0.273. The third-order valence-electron chi connectivity index (χ3n) is 3.90. The molecule has 0 spiro atoms. The number of hydrogen-bond acceptors (Lipinski definition) is 8. The van der Waals surface area contributed by atoms with E-state index in [4.69, 9.17) is 0 Å². The number of esters is 2. The first-order valence-electron chi connectivity index (χ1n) is 9.53. The molecule has 1 aromatic carbocycles. The molecule has 0 saturated heterocycles. The van der Waals surface area contributed by atoms with Crippen LogP contribution in [0.3, 0.4) is 0 Å². The molecule has 0 atom stereocenters. The molecule has 0 N–H and O–H groups in total. The van der Waals surface area contributed by atoms with E-state index in [1.807, 2.05) is 0 Å². The van der Waals surface area contributed by atoms with Crippen molar-refractivity contribution in [3.8, 4) is 11.8 Å². The summed E-state index contributed by atoms with van der Waals surface area (Å²) in [7, 11) is 0. The smallest absolute Gasteiger partial charge is 0.388 e. The first-order chi connectivity index (χ1) is 15.2. The van der Waals surface area contributed by atoms with Gasteiger partial charge in [-0.1, -0.05) is 12.1 Å². The van der Waals surface area contributed by atoms with Crippen LogP contribution in [0, 0.1) is 17.7 Å². The van der Waals surface area contributed by atoms with E-state index in [9.17, 15) is 28.4 Å². The van der Waals surface area contributed by atoms with Gasteiger partial charge in [0.15, 0.2) is 5.78 Å². The topological polar surface area (TPSA) is 122 Å². The molecule has 32 heavy (non-hydrogen) atoms. The van der Waals surface area contributed by atoms with Crippen molar-refractivity contribution < 1.29 is 37.8 Å². The lowest BCUT2D eigenvalue weighted by molar-refractivity contribution is -0.153. The van der Waals surface area contributed by atoms with Crippen LogP contribution >= 0.6 is 0 Å². The number of carbonyl (C=O) groups excluding carboxylic acids is 5. The van der Waals surface area contributed by atoms with Crippen LogP contribution in [0.5, 0.6) is 0 Å². The van der Waals surface area contributed by atoms with E-state index in [-0.39, 0.29) is 31.1 Å². The molecule has 0 radical (unpaired) electrons. The molecule has 0 aliphatic carbocycles. The van der Waals surface area contributed by atoms with Gasteiger partial charge in [-0.25, -0.2) is 14.0 Å². The van der Waals surface area contributed by atoms with E-state index >= 15 is 0 Å². The number of Topliss-reactive ketones (excluding diaryl/α,β-unsaturated/α-hetero) is 3. The van der Waals surface area contributed by atoms with E-state index in [1.54, 1.807) is 0 Å². The van der Waals surface area contributed by atoms with Gasteiger partial charge in [-0.2, -0.15) is 5.10 Å². The summed E-state index contributed by atoms with van der Waals surface area (Å²) in [6.07, 6.45) is -0.763. The Hall–Kier alpha value is -4.13. The SMILES string of the molecule is CCOC(=O)C(=O)C#Cc1cc(C(=O)CC(=O)C(=O)OCC)nn1Cc1ccc(F)cc1. The molecule has 2 rings (SSSR count). The average molecular weight is 442 g/mol. The summed E-state index contributed by atoms with van der Waals surface area (Å²) in [5.41, 5.74) is 0.507. The van der Waals surface area contributed by atoms with Gasteiger partial charge in [-0.05, 0) is 43.4 Å². The van der Waals surface area contributed by atoms with Crippen LogP contribution in [0.2, 0.25) is 0 Å². The molecule has 1 aromatic heterocycles. The monoisotopic (exact) mass is 442 g/mol. The first-order valence-corrected chi connectivity index (χ1v) is 9.53. The second-order valence-corrected chi connectivity index (χ2v) is 6.24. The zero-order valence-electron chi connectivity index (χ0n) is 17.3. The molecule has 0 bridgehead atoms. The standard InChI is InChI=1S/C22H19FN2O7/c1-3-31-21(29)18(26)10-9-16-11-17(19(27)12-20(28)22(30)32-4-2)24-25(16)13-14-5-7-15(23)8-6-14/h5-8,11H,3-4,12-13H2,1-2H3. The van der Waals surface area contributed by atoms with Crippen LogP contribution in [-0.4, -0.2) is 52.3 Å². The first kappa shape index (κ1) is 24.1. The third kappa shape index (κ3) is 6.70. The summed E-state index contributed by atoms with van der Waals surface area (Å²) in [6.45, 7) is 3.09. The van der Waals surface area contributed by atoms with Crippen LogP contribution in [0.4, 0.5) is 4.39 Å². The quantitative estimate of drug-likeness (QED) is 0.187. The summed E-state index contributed by atoms with van der Waals surface area (Å²) in [6, 6.07) is 6.67. The Labute approximate surface area is 182 Å². The largest absolute Gasteiger partial charge is 0.460 e. The minimum absolute atomic E-state index is 0.00188. The molecule has 0 aliphatic heterocycles. The highest BCUT2D eigenvalue weighted by Gasteiger charge is 2.23. The number of hydrogen-bond donors (Lipinski definition) is 0. The van der Waals surface area contributed by atoms with Gasteiger partial charge in [0.25, 0.3) is 0 Å². The highest BCUT2D eigenvalue weighted by atomic mass is 19.1. The molecule has 0 unspecified atom stereocenters. The third-order valence-corrected chi connectivity index (χ3v) is 3.90. The van der Waals surface area contributed by atoms with Crippen LogP contribution in [0.25, 0.3) is 0 Å². The Kier molecular flexibility index (Phi) is 8.53. The summed E-state index contributed by atoms with van der Waals surface area (Å²) in [5.74, 6) is -1.02.